The molecule has 108 valence electrons. The lowest BCUT2D eigenvalue weighted by Crippen LogP contribution is -2.29. The van der Waals surface area contributed by atoms with Crippen LogP contribution in [0.3, 0.4) is 0 Å². The first-order chi connectivity index (χ1) is 9.65. The molecular formula is C17H25N3. The van der Waals surface area contributed by atoms with Crippen molar-refractivity contribution in [2.24, 2.45) is 0 Å². The van der Waals surface area contributed by atoms with Crippen molar-refractivity contribution in [1.29, 1.82) is 0 Å². The first kappa shape index (κ1) is 14.8. The van der Waals surface area contributed by atoms with Crippen molar-refractivity contribution in [2.75, 3.05) is 6.54 Å². The van der Waals surface area contributed by atoms with Gasteiger partial charge in [0.2, 0.25) is 0 Å². The highest BCUT2D eigenvalue weighted by Gasteiger charge is 2.03. The van der Waals surface area contributed by atoms with Crippen LogP contribution in [-0.2, 0) is 13.0 Å². The van der Waals surface area contributed by atoms with Crippen LogP contribution in [0.15, 0.2) is 36.4 Å². The molecule has 2 aromatic rings. The zero-order valence-electron chi connectivity index (χ0n) is 12.8. The molecule has 0 aliphatic heterocycles. The standard InChI is InChI=1S/C17H25N3/c1-14(13-17-8-5-4-6-9-17)18-10-7-11-20-16(3)12-15(2)19-20/h4-6,8-9,12,14,18H,7,10-11,13H2,1-3H3. The molecule has 3 heteroatoms. The number of hydrogen-bond donors (Lipinski definition) is 1. The van der Waals surface area contributed by atoms with Crippen molar-refractivity contribution < 1.29 is 0 Å². The second-order valence-corrected chi connectivity index (χ2v) is 5.55. The summed E-state index contributed by atoms with van der Waals surface area (Å²) in [5.41, 5.74) is 3.75. The summed E-state index contributed by atoms with van der Waals surface area (Å²) in [4.78, 5) is 0. The Morgan fingerprint density at radius 1 is 1.20 bits per heavy atom. The highest BCUT2D eigenvalue weighted by atomic mass is 15.3. The van der Waals surface area contributed by atoms with Gasteiger partial charge >= 0.3 is 0 Å². The van der Waals surface area contributed by atoms with Crippen LogP contribution >= 0.6 is 0 Å². The Labute approximate surface area is 122 Å². The normalized spacial score (nSPS) is 12.6. The summed E-state index contributed by atoms with van der Waals surface area (Å²) in [6.45, 7) is 8.43. The van der Waals surface area contributed by atoms with Gasteiger partial charge < -0.3 is 5.32 Å². The van der Waals surface area contributed by atoms with E-state index in [2.05, 4.69) is 65.3 Å². The van der Waals surface area contributed by atoms with Crippen LogP contribution in [0.4, 0.5) is 0 Å². The second kappa shape index (κ2) is 7.25. The fraction of sp³-hybridized carbons (Fsp3) is 0.471. The van der Waals surface area contributed by atoms with Gasteiger partial charge in [0.1, 0.15) is 0 Å². The Morgan fingerprint density at radius 2 is 1.95 bits per heavy atom. The van der Waals surface area contributed by atoms with Gasteiger partial charge in [-0.2, -0.15) is 5.10 Å². The number of nitrogens with one attached hydrogen (secondary N) is 1. The summed E-state index contributed by atoms with van der Waals surface area (Å²) in [5, 5.41) is 8.07. The van der Waals surface area contributed by atoms with Gasteiger partial charge in [-0.3, -0.25) is 4.68 Å². The Bertz CT molecular complexity index is 516. The lowest BCUT2D eigenvalue weighted by Gasteiger charge is -2.14. The van der Waals surface area contributed by atoms with E-state index in [0.29, 0.717) is 6.04 Å². The molecule has 0 saturated carbocycles. The smallest absolute Gasteiger partial charge is 0.0596 e. The summed E-state index contributed by atoms with van der Waals surface area (Å²) in [7, 11) is 0. The summed E-state index contributed by atoms with van der Waals surface area (Å²) in [6, 6.07) is 13.3. The Balaban J connectivity index is 1.67. The summed E-state index contributed by atoms with van der Waals surface area (Å²) < 4.78 is 2.10. The molecule has 1 unspecified atom stereocenters. The molecule has 2 rings (SSSR count). The molecule has 0 spiro atoms. The summed E-state index contributed by atoms with van der Waals surface area (Å²) in [5.74, 6) is 0. The molecule has 0 aliphatic rings. The largest absolute Gasteiger partial charge is 0.314 e. The average molecular weight is 271 g/mol. The van der Waals surface area contributed by atoms with Crippen LogP contribution < -0.4 is 5.32 Å². The third kappa shape index (κ3) is 4.49. The molecule has 20 heavy (non-hydrogen) atoms. The minimum absolute atomic E-state index is 0.512. The zero-order valence-corrected chi connectivity index (χ0v) is 12.8. The molecular weight excluding hydrogens is 246 g/mol. The molecule has 0 amide bonds. The van der Waals surface area contributed by atoms with E-state index in [9.17, 15) is 0 Å². The Kier molecular flexibility index (Phi) is 5.36. The SMILES string of the molecule is Cc1cc(C)n(CCCNC(C)Cc2ccccc2)n1. The number of rotatable bonds is 7. The zero-order chi connectivity index (χ0) is 14.4. The fourth-order valence-electron chi connectivity index (χ4n) is 2.52. The third-order valence-corrected chi connectivity index (χ3v) is 3.53. The lowest BCUT2D eigenvalue weighted by atomic mass is 10.1. The van der Waals surface area contributed by atoms with Crippen LogP contribution in [0, 0.1) is 13.8 Å². The van der Waals surface area contributed by atoms with Gasteiger partial charge in [0.25, 0.3) is 0 Å². The minimum Gasteiger partial charge on any atom is -0.314 e. The maximum absolute atomic E-state index is 4.48. The van der Waals surface area contributed by atoms with Crippen LogP contribution in [0.2, 0.25) is 0 Å². The second-order valence-electron chi connectivity index (χ2n) is 5.55. The number of hydrogen-bond acceptors (Lipinski definition) is 2. The summed E-state index contributed by atoms with van der Waals surface area (Å²) >= 11 is 0. The van der Waals surface area contributed by atoms with Crippen LogP contribution in [0.25, 0.3) is 0 Å². The molecule has 0 bridgehead atoms. The van der Waals surface area contributed by atoms with Gasteiger partial charge in [-0.05, 0) is 51.8 Å². The monoisotopic (exact) mass is 271 g/mol. The van der Waals surface area contributed by atoms with Crippen molar-refractivity contribution in [2.45, 2.75) is 46.2 Å². The fourth-order valence-corrected chi connectivity index (χ4v) is 2.52. The molecule has 1 heterocycles. The van der Waals surface area contributed by atoms with E-state index in [-0.39, 0.29) is 0 Å². The topological polar surface area (TPSA) is 29.9 Å². The minimum atomic E-state index is 0.512. The van der Waals surface area contributed by atoms with Gasteiger partial charge in [0, 0.05) is 18.3 Å². The molecule has 1 aromatic carbocycles. The third-order valence-electron chi connectivity index (χ3n) is 3.53. The van der Waals surface area contributed by atoms with Crippen LogP contribution in [-0.4, -0.2) is 22.4 Å². The van der Waals surface area contributed by atoms with E-state index in [0.717, 1.165) is 31.6 Å². The van der Waals surface area contributed by atoms with Crippen molar-refractivity contribution in [1.82, 2.24) is 15.1 Å². The van der Waals surface area contributed by atoms with E-state index in [1.54, 1.807) is 0 Å². The van der Waals surface area contributed by atoms with E-state index in [1.807, 2.05) is 6.92 Å². The maximum Gasteiger partial charge on any atom is 0.0596 e. The van der Waals surface area contributed by atoms with Gasteiger partial charge in [-0.25, -0.2) is 0 Å². The molecule has 0 saturated heterocycles. The van der Waals surface area contributed by atoms with E-state index in [1.165, 1.54) is 11.3 Å². The Morgan fingerprint density at radius 3 is 2.60 bits per heavy atom. The predicted octanol–water partition coefficient (Wildman–Crippen LogP) is 3.11. The number of aromatic nitrogens is 2. The number of nitrogens with zero attached hydrogens (tertiary/aromatic N) is 2. The maximum atomic E-state index is 4.48. The van der Waals surface area contributed by atoms with Gasteiger partial charge in [-0.1, -0.05) is 30.3 Å². The number of benzene rings is 1. The molecule has 0 fully saturated rings. The first-order valence-corrected chi connectivity index (χ1v) is 7.43. The highest BCUT2D eigenvalue weighted by molar-refractivity contribution is 5.15. The predicted molar refractivity (Wildman–Crippen MR) is 83.9 cm³/mol. The number of aryl methyl sites for hydroxylation is 3. The van der Waals surface area contributed by atoms with Crippen molar-refractivity contribution in [3.63, 3.8) is 0 Å². The lowest BCUT2D eigenvalue weighted by molar-refractivity contribution is 0.489. The Hall–Kier alpha value is -1.61. The quantitative estimate of drug-likeness (QED) is 0.784. The highest BCUT2D eigenvalue weighted by Crippen LogP contribution is 2.04. The van der Waals surface area contributed by atoms with E-state index < -0.39 is 0 Å². The van der Waals surface area contributed by atoms with Crippen LogP contribution in [0.5, 0.6) is 0 Å². The summed E-state index contributed by atoms with van der Waals surface area (Å²) in [6.07, 6.45) is 2.20. The molecule has 1 N–H and O–H groups in total. The van der Waals surface area contributed by atoms with E-state index in [4.69, 9.17) is 0 Å². The van der Waals surface area contributed by atoms with Crippen molar-refractivity contribution >= 4 is 0 Å². The van der Waals surface area contributed by atoms with Gasteiger partial charge in [-0.15, -0.1) is 0 Å². The average Bonchev–Trinajstić information content (AvgIpc) is 2.74. The first-order valence-electron chi connectivity index (χ1n) is 7.43. The van der Waals surface area contributed by atoms with Crippen molar-refractivity contribution in [3.05, 3.63) is 53.3 Å². The van der Waals surface area contributed by atoms with E-state index >= 15 is 0 Å². The molecule has 1 aromatic heterocycles. The molecule has 3 nitrogen and oxygen atoms in total. The molecule has 0 radical (unpaired) electrons. The molecule has 1 atom stereocenters. The van der Waals surface area contributed by atoms with Crippen LogP contribution in [0.1, 0.15) is 30.3 Å². The van der Waals surface area contributed by atoms with Crippen molar-refractivity contribution in [3.8, 4) is 0 Å². The van der Waals surface area contributed by atoms with Gasteiger partial charge in [0.05, 0.1) is 5.69 Å². The van der Waals surface area contributed by atoms with Gasteiger partial charge in [0.15, 0.2) is 0 Å². The molecule has 0 aliphatic carbocycles.